The van der Waals surface area contributed by atoms with Crippen LogP contribution in [0.1, 0.15) is 65.2 Å². The van der Waals surface area contributed by atoms with Crippen LogP contribution < -0.4 is 0 Å². The number of rotatable bonds is 3. The van der Waals surface area contributed by atoms with Crippen molar-refractivity contribution in [3.8, 4) is 0 Å². The molecule has 4 unspecified atom stereocenters. The average molecular weight is 473 g/mol. The van der Waals surface area contributed by atoms with Crippen LogP contribution in [0.15, 0.2) is 23.8 Å². The Morgan fingerprint density at radius 1 is 1.03 bits per heavy atom. The van der Waals surface area contributed by atoms with E-state index in [1.54, 1.807) is 0 Å². The van der Waals surface area contributed by atoms with Gasteiger partial charge in [0.15, 0.2) is 0 Å². The van der Waals surface area contributed by atoms with Gasteiger partial charge in [-0.2, -0.15) is 0 Å². The fourth-order valence-electron chi connectivity index (χ4n) is 9.03. The SMILES string of the molecule is C[C@H]1C2CCC3C4CC=C5C[C@@H](N(C)C)CC[C@]5(C)C4CC[C@@]32CN1C.O=C(O)/C=C/C(=O)O. The van der Waals surface area contributed by atoms with Crippen molar-refractivity contribution < 1.29 is 19.8 Å². The highest BCUT2D eigenvalue weighted by Gasteiger charge is 2.63. The zero-order valence-electron chi connectivity index (χ0n) is 21.7. The second-order valence-electron chi connectivity index (χ2n) is 12.2. The minimum absolute atomic E-state index is 0.519. The molecule has 6 heteroatoms. The molecular formula is C28H44N2O4. The van der Waals surface area contributed by atoms with Crippen molar-refractivity contribution in [2.24, 2.45) is 34.5 Å². The van der Waals surface area contributed by atoms with E-state index in [0.717, 1.165) is 35.8 Å². The Hall–Kier alpha value is -1.66. The molecule has 6 nitrogen and oxygen atoms in total. The summed E-state index contributed by atoms with van der Waals surface area (Å²) >= 11 is 0. The van der Waals surface area contributed by atoms with Gasteiger partial charge in [0.2, 0.25) is 0 Å². The molecule has 0 bridgehead atoms. The second-order valence-corrected chi connectivity index (χ2v) is 12.2. The van der Waals surface area contributed by atoms with Crippen LogP contribution in [0, 0.1) is 34.5 Å². The van der Waals surface area contributed by atoms with Gasteiger partial charge in [-0.15, -0.1) is 0 Å². The van der Waals surface area contributed by atoms with E-state index in [1.807, 2.05) is 5.57 Å². The highest BCUT2D eigenvalue weighted by atomic mass is 16.4. The van der Waals surface area contributed by atoms with E-state index in [4.69, 9.17) is 10.2 Å². The van der Waals surface area contributed by atoms with E-state index in [1.165, 1.54) is 57.9 Å². The Bertz CT molecular complexity index is 850. The lowest BCUT2D eigenvalue weighted by molar-refractivity contribution is -0.134. The molecule has 5 rings (SSSR count). The predicted molar refractivity (Wildman–Crippen MR) is 133 cm³/mol. The molecule has 0 aromatic carbocycles. The third kappa shape index (κ3) is 4.26. The third-order valence-corrected chi connectivity index (χ3v) is 10.8. The highest BCUT2D eigenvalue weighted by Crippen LogP contribution is 2.68. The summed E-state index contributed by atoms with van der Waals surface area (Å²) in [5.74, 6) is 1.44. The molecule has 4 aliphatic carbocycles. The van der Waals surface area contributed by atoms with Crippen molar-refractivity contribution in [3.05, 3.63) is 23.8 Å². The molecule has 1 aliphatic heterocycles. The molecule has 1 saturated heterocycles. The van der Waals surface area contributed by atoms with Gasteiger partial charge >= 0.3 is 11.9 Å². The van der Waals surface area contributed by atoms with Gasteiger partial charge in [-0.1, -0.05) is 18.6 Å². The van der Waals surface area contributed by atoms with Crippen LogP contribution in [0.4, 0.5) is 0 Å². The maximum atomic E-state index is 9.55. The summed E-state index contributed by atoms with van der Waals surface area (Å²) in [5.41, 5.74) is 3.04. The number of carbonyl (C=O) groups is 2. The molecule has 4 fully saturated rings. The molecule has 0 amide bonds. The number of hydrogen-bond donors (Lipinski definition) is 2. The number of fused-ring (bicyclic) bond motifs is 4. The normalized spacial score (nSPS) is 43.3. The Morgan fingerprint density at radius 2 is 1.68 bits per heavy atom. The standard InChI is InChI=1S/C24H40N2.C4H4O4/c1-16-20-8-9-22-19-7-6-17-14-18(25(3)4)10-12-23(17,2)21(19)11-13-24(20,22)15-26(16)5;5-3(6)1-2-4(7)8/h6,16,18-22H,7-15H2,1-5H3;1-2H,(H,5,6)(H,7,8)/b;2-1+/t16-,18-,19?,20?,21?,22?,23-,24-;/m0./s1. The summed E-state index contributed by atoms with van der Waals surface area (Å²) in [6.45, 7) is 6.56. The quantitative estimate of drug-likeness (QED) is 0.464. The summed E-state index contributed by atoms with van der Waals surface area (Å²) in [5, 5.41) is 15.6. The second kappa shape index (κ2) is 9.42. The molecular weight excluding hydrogens is 428 g/mol. The van der Waals surface area contributed by atoms with Crippen molar-refractivity contribution in [1.82, 2.24) is 9.80 Å². The summed E-state index contributed by atoms with van der Waals surface area (Å²) in [6.07, 6.45) is 15.5. The first-order valence-corrected chi connectivity index (χ1v) is 13.2. The number of likely N-dealkylation sites (tertiary alicyclic amines) is 1. The van der Waals surface area contributed by atoms with E-state index in [0.29, 0.717) is 23.0 Å². The summed E-state index contributed by atoms with van der Waals surface area (Å²) in [6, 6.07) is 1.60. The summed E-state index contributed by atoms with van der Waals surface area (Å²) < 4.78 is 0. The Morgan fingerprint density at radius 3 is 2.29 bits per heavy atom. The lowest BCUT2D eigenvalue weighted by Crippen LogP contribution is -2.52. The summed E-state index contributed by atoms with van der Waals surface area (Å²) in [7, 11) is 6.95. The maximum Gasteiger partial charge on any atom is 0.328 e. The van der Waals surface area contributed by atoms with Gasteiger partial charge in [0.05, 0.1) is 0 Å². The Labute approximate surface area is 205 Å². The Kier molecular flexibility index (Phi) is 7.05. The molecule has 8 atom stereocenters. The van der Waals surface area contributed by atoms with Gasteiger partial charge in [-0.25, -0.2) is 9.59 Å². The molecule has 0 aromatic heterocycles. The molecule has 0 aromatic rings. The lowest BCUT2D eigenvalue weighted by Gasteiger charge is -2.58. The molecule has 1 heterocycles. The van der Waals surface area contributed by atoms with Crippen LogP contribution in [-0.4, -0.2) is 71.7 Å². The van der Waals surface area contributed by atoms with E-state index in [2.05, 4.69) is 50.9 Å². The molecule has 3 saturated carbocycles. The smallest absolute Gasteiger partial charge is 0.328 e. The van der Waals surface area contributed by atoms with Gasteiger partial charge in [-0.05, 0) is 114 Å². The van der Waals surface area contributed by atoms with Crippen LogP contribution in [-0.2, 0) is 9.59 Å². The minimum atomic E-state index is -1.26. The molecule has 34 heavy (non-hydrogen) atoms. The Balaban J connectivity index is 0.000000297. The van der Waals surface area contributed by atoms with Crippen molar-refractivity contribution in [3.63, 3.8) is 0 Å². The lowest BCUT2D eigenvalue weighted by atomic mass is 9.47. The van der Waals surface area contributed by atoms with Crippen LogP contribution in [0.25, 0.3) is 0 Å². The van der Waals surface area contributed by atoms with Crippen LogP contribution in [0.2, 0.25) is 0 Å². The first-order valence-electron chi connectivity index (χ1n) is 13.2. The zero-order valence-corrected chi connectivity index (χ0v) is 21.7. The molecule has 5 aliphatic rings. The number of carboxylic acid groups (broad SMARTS) is 2. The van der Waals surface area contributed by atoms with Gasteiger partial charge in [0, 0.05) is 30.8 Å². The fraction of sp³-hybridized carbons (Fsp3) is 0.786. The number of allylic oxidation sites excluding steroid dienone is 1. The van der Waals surface area contributed by atoms with E-state index in [-0.39, 0.29) is 0 Å². The fourth-order valence-corrected chi connectivity index (χ4v) is 9.03. The number of carboxylic acids is 2. The van der Waals surface area contributed by atoms with Gasteiger partial charge in [0.25, 0.3) is 0 Å². The average Bonchev–Trinajstić information content (AvgIpc) is 3.26. The van der Waals surface area contributed by atoms with Crippen LogP contribution >= 0.6 is 0 Å². The molecule has 1 spiro atoms. The van der Waals surface area contributed by atoms with E-state index in [9.17, 15) is 9.59 Å². The molecule has 0 radical (unpaired) electrons. The minimum Gasteiger partial charge on any atom is -0.478 e. The largest absolute Gasteiger partial charge is 0.478 e. The summed E-state index contributed by atoms with van der Waals surface area (Å²) in [4.78, 5) is 24.3. The highest BCUT2D eigenvalue weighted by molar-refractivity contribution is 5.89. The maximum absolute atomic E-state index is 9.55. The van der Waals surface area contributed by atoms with Crippen LogP contribution in [0.5, 0.6) is 0 Å². The first kappa shape index (κ1) is 25.4. The zero-order chi connectivity index (χ0) is 24.8. The first-order chi connectivity index (χ1) is 16.0. The molecule has 190 valence electrons. The van der Waals surface area contributed by atoms with Crippen molar-refractivity contribution >= 4 is 11.9 Å². The molecule has 2 N–H and O–H groups in total. The van der Waals surface area contributed by atoms with E-state index >= 15 is 0 Å². The van der Waals surface area contributed by atoms with Gasteiger partial charge in [-0.3, -0.25) is 0 Å². The van der Waals surface area contributed by atoms with Crippen molar-refractivity contribution in [1.29, 1.82) is 0 Å². The predicted octanol–water partition coefficient (Wildman–Crippen LogP) is 4.52. The number of hydrogen-bond acceptors (Lipinski definition) is 4. The van der Waals surface area contributed by atoms with Gasteiger partial charge < -0.3 is 20.0 Å². The number of nitrogens with zero attached hydrogens (tertiary/aromatic N) is 2. The van der Waals surface area contributed by atoms with Gasteiger partial charge in [0.1, 0.15) is 0 Å². The van der Waals surface area contributed by atoms with E-state index < -0.39 is 11.9 Å². The van der Waals surface area contributed by atoms with Crippen molar-refractivity contribution in [2.75, 3.05) is 27.7 Å². The van der Waals surface area contributed by atoms with Crippen LogP contribution in [0.3, 0.4) is 0 Å². The third-order valence-electron chi connectivity index (χ3n) is 10.8. The topological polar surface area (TPSA) is 81.1 Å². The van der Waals surface area contributed by atoms with Crippen molar-refractivity contribution in [2.45, 2.75) is 77.3 Å². The monoisotopic (exact) mass is 472 g/mol. The number of aliphatic carboxylic acids is 2.